The zero-order valence-corrected chi connectivity index (χ0v) is 7.79. The largest absolute Gasteiger partial charge is 0.394 e. The highest BCUT2D eigenvalue weighted by Crippen LogP contribution is 2.19. The van der Waals surface area contributed by atoms with Gasteiger partial charge in [-0.2, -0.15) is 0 Å². The van der Waals surface area contributed by atoms with Crippen LogP contribution in [0.3, 0.4) is 0 Å². The van der Waals surface area contributed by atoms with Gasteiger partial charge in [0.1, 0.15) is 0 Å². The second-order valence-electron chi connectivity index (χ2n) is 3.57. The van der Waals surface area contributed by atoms with Gasteiger partial charge in [-0.1, -0.05) is 0 Å². The molecule has 0 aromatic heterocycles. The van der Waals surface area contributed by atoms with Crippen LogP contribution in [0.5, 0.6) is 0 Å². The normalized spacial score (nSPS) is 27.4. The van der Waals surface area contributed by atoms with E-state index in [1.165, 1.54) is 0 Å². The Balaban J connectivity index is 2.62. The van der Waals surface area contributed by atoms with Gasteiger partial charge in [0.25, 0.3) is 0 Å². The molecule has 0 aromatic carbocycles. The van der Waals surface area contributed by atoms with E-state index in [9.17, 15) is 4.79 Å². The zero-order valence-electron chi connectivity index (χ0n) is 7.79. The van der Waals surface area contributed by atoms with Gasteiger partial charge in [0.2, 0.25) is 5.91 Å². The first kappa shape index (κ1) is 9.52. The van der Waals surface area contributed by atoms with Crippen molar-refractivity contribution in [3.63, 3.8) is 0 Å². The van der Waals surface area contributed by atoms with Crippen molar-refractivity contribution in [2.75, 3.05) is 6.61 Å². The van der Waals surface area contributed by atoms with Crippen molar-refractivity contribution in [1.82, 2.24) is 4.90 Å². The van der Waals surface area contributed by atoms with Crippen molar-refractivity contribution >= 4 is 5.91 Å². The van der Waals surface area contributed by atoms with E-state index in [-0.39, 0.29) is 18.6 Å². The highest BCUT2D eigenvalue weighted by Gasteiger charge is 2.27. The lowest BCUT2D eigenvalue weighted by Crippen LogP contribution is -2.48. The summed E-state index contributed by atoms with van der Waals surface area (Å²) >= 11 is 0. The monoisotopic (exact) mass is 171 g/mol. The van der Waals surface area contributed by atoms with Crippen LogP contribution in [-0.2, 0) is 4.79 Å². The van der Waals surface area contributed by atoms with Gasteiger partial charge in [0.15, 0.2) is 0 Å². The molecular formula is C9H17NO2. The third-order valence-electron chi connectivity index (χ3n) is 2.51. The summed E-state index contributed by atoms with van der Waals surface area (Å²) in [7, 11) is 0. The first-order chi connectivity index (χ1) is 5.66. The molecule has 0 saturated carbocycles. The van der Waals surface area contributed by atoms with E-state index < -0.39 is 0 Å². The molecule has 3 nitrogen and oxygen atoms in total. The second-order valence-corrected chi connectivity index (χ2v) is 3.57. The minimum absolute atomic E-state index is 0.0206. The Morgan fingerprint density at radius 2 is 2.42 bits per heavy atom. The Bertz CT molecular complexity index is 166. The molecule has 1 aliphatic rings. The third-order valence-corrected chi connectivity index (χ3v) is 2.51. The summed E-state index contributed by atoms with van der Waals surface area (Å²) in [5.74, 6) is 0.190. The van der Waals surface area contributed by atoms with Crippen LogP contribution in [0.2, 0.25) is 0 Å². The quantitative estimate of drug-likeness (QED) is 0.666. The Labute approximate surface area is 73.4 Å². The molecule has 1 N–H and O–H groups in total. The lowest BCUT2D eigenvalue weighted by molar-refractivity contribution is -0.139. The van der Waals surface area contributed by atoms with Gasteiger partial charge in [-0.25, -0.2) is 0 Å². The maximum absolute atomic E-state index is 11.4. The minimum atomic E-state index is -0.0206. The van der Waals surface area contributed by atoms with Crippen LogP contribution in [0.4, 0.5) is 0 Å². The summed E-state index contributed by atoms with van der Waals surface area (Å²) in [6.07, 6.45) is 2.71. The fourth-order valence-corrected chi connectivity index (χ4v) is 1.83. The van der Waals surface area contributed by atoms with Crippen LogP contribution in [-0.4, -0.2) is 34.6 Å². The molecule has 0 aromatic rings. The average molecular weight is 171 g/mol. The molecule has 1 saturated heterocycles. The molecule has 0 bridgehead atoms. The Kier molecular flexibility index (Phi) is 3.09. The summed E-state index contributed by atoms with van der Waals surface area (Å²) in [5.41, 5.74) is 0. The SMILES string of the molecule is CC(CO)N1C(=O)CCCC1C. The predicted molar refractivity (Wildman–Crippen MR) is 46.7 cm³/mol. The number of hydrogen-bond donors (Lipinski definition) is 1. The molecular weight excluding hydrogens is 154 g/mol. The van der Waals surface area contributed by atoms with Crippen molar-refractivity contribution < 1.29 is 9.90 Å². The van der Waals surface area contributed by atoms with Crippen molar-refractivity contribution in [3.05, 3.63) is 0 Å². The van der Waals surface area contributed by atoms with Gasteiger partial charge >= 0.3 is 0 Å². The molecule has 1 rings (SSSR count). The fourth-order valence-electron chi connectivity index (χ4n) is 1.83. The van der Waals surface area contributed by atoms with Crippen LogP contribution < -0.4 is 0 Å². The number of likely N-dealkylation sites (tertiary alicyclic amines) is 1. The number of hydrogen-bond acceptors (Lipinski definition) is 2. The molecule has 0 radical (unpaired) electrons. The van der Waals surface area contributed by atoms with Crippen LogP contribution in [0, 0.1) is 0 Å². The van der Waals surface area contributed by atoms with E-state index in [4.69, 9.17) is 5.11 Å². The van der Waals surface area contributed by atoms with Crippen LogP contribution >= 0.6 is 0 Å². The van der Waals surface area contributed by atoms with E-state index in [0.29, 0.717) is 12.5 Å². The van der Waals surface area contributed by atoms with Gasteiger partial charge in [-0.05, 0) is 26.7 Å². The van der Waals surface area contributed by atoms with Crippen molar-refractivity contribution in [2.24, 2.45) is 0 Å². The molecule has 1 amide bonds. The van der Waals surface area contributed by atoms with Crippen molar-refractivity contribution in [1.29, 1.82) is 0 Å². The first-order valence-corrected chi connectivity index (χ1v) is 4.59. The molecule has 0 aliphatic carbocycles. The number of carbonyl (C=O) groups excluding carboxylic acids is 1. The average Bonchev–Trinajstić information content (AvgIpc) is 2.03. The molecule has 1 heterocycles. The second kappa shape index (κ2) is 3.90. The number of piperidine rings is 1. The summed E-state index contributed by atoms with van der Waals surface area (Å²) in [6, 6.07) is 0.279. The lowest BCUT2D eigenvalue weighted by Gasteiger charge is -2.37. The van der Waals surface area contributed by atoms with Gasteiger partial charge in [0, 0.05) is 12.5 Å². The molecule has 0 spiro atoms. The molecule has 2 atom stereocenters. The van der Waals surface area contributed by atoms with Crippen molar-refractivity contribution in [3.8, 4) is 0 Å². The van der Waals surface area contributed by atoms with Crippen LogP contribution in [0.25, 0.3) is 0 Å². The Hall–Kier alpha value is -0.570. The molecule has 12 heavy (non-hydrogen) atoms. The standard InChI is InChI=1S/C9H17NO2/c1-7-4-3-5-9(12)10(7)8(2)6-11/h7-8,11H,3-6H2,1-2H3. The number of aliphatic hydroxyl groups is 1. The van der Waals surface area contributed by atoms with Crippen LogP contribution in [0.15, 0.2) is 0 Å². The summed E-state index contributed by atoms with van der Waals surface area (Å²) in [4.78, 5) is 13.2. The molecule has 2 unspecified atom stereocenters. The third kappa shape index (κ3) is 1.78. The van der Waals surface area contributed by atoms with Gasteiger partial charge < -0.3 is 10.0 Å². The minimum Gasteiger partial charge on any atom is -0.394 e. The van der Waals surface area contributed by atoms with E-state index >= 15 is 0 Å². The maximum atomic E-state index is 11.4. The maximum Gasteiger partial charge on any atom is 0.223 e. The Morgan fingerprint density at radius 3 is 2.92 bits per heavy atom. The predicted octanol–water partition coefficient (Wildman–Crippen LogP) is 0.768. The van der Waals surface area contributed by atoms with Crippen molar-refractivity contribution in [2.45, 2.75) is 45.2 Å². The number of rotatable bonds is 2. The molecule has 3 heteroatoms. The van der Waals surface area contributed by atoms with Gasteiger partial charge in [-0.3, -0.25) is 4.79 Å². The molecule has 70 valence electrons. The first-order valence-electron chi connectivity index (χ1n) is 4.59. The van der Waals surface area contributed by atoms with E-state index in [0.717, 1.165) is 12.8 Å². The number of aliphatic hydroxyl groups excluding tert-OH is 1. The molecule has 1 aliphatic heterocycles. The topological polar surface area (TPSA) is 40.5 Å². The van der Waals surface area contributed by atoms with Gasteiger partial charge in [0.05, 0.1) is 12.6 Å². The summed E-state index contributed by atoms with van der Waals surface area (Å²) in [5, 5.41) is 8.93. The number of carbonyl (C=O) groups is 1. The Morgan fingerprint density at radius 1 is 1.75 bits per heavy atom. The highest BCUT2D eigenvalue weighted by atomic mass is 16.3. The van der Waals surface area contributed by atoms with E-state index in [1.54, 1.807) is 0 Å². The summed E-state index contributed by atoms with van der Waals surface area (Å²) < 4.78 is 0. The highest BCUT2D eigenvalue weighted by molar-refractivity contribution is 5.77. The zero-order chi connectivity index (χ0) is 9.14. The number of amides is 1. The summed E-state index contributed by atoms with van der Waals surface area (Å²) in [6.45, 7) is 4.00. The number of nitrogens with zero attached hydrogens (tertiary/aromatic N) is 1. The van der Waals surface area contributed by atoms with E-state index in [2.05, 4.69) is 0 Å². The van der Waals surface area contributed by atoms with E-state index in [1.807, 2.05) is 18.7 Å². The fraction of sp³-hybridized carbons (Fsp3) is 0.889. The lowest BCUT2D eigenvalue weighted by atomic mass is 10.0. The van der Waals surface area contributed by atoms with Gasteiger partial charge in [-0.15, -0.1) is 0 Å². The molecule has 1 fully saturated rings. The smallest absolute Gasteiger partial charge is 0.223 e. The van der Waals surface area contributed by atoms with Crippen LogP contribution in [0.1, 0.15) is 33.1 Å².